The second-order valence-corrected chi connectivity index (χ2v) is 5.51. The number of hydrogen-bond donors (Lipinski definition) is 2. The molecule has 0 bridgehead atoms. The van der Waals surface area contributed by atoms with Gasteiger partial charge < -0.3 is 15.3 Å². The van der Waals surface area contributed by atoms with Gasteiger partial charge in [0.25, 0.3) is 0 Å². The van der Waals surface area contributed by atoms with Crippen LogP contribution in [0.4, 0.5) is 0 Å². The van der Waals surface area contributed by atoms with Crippen LogP contribution in [-0.2, 0) is 0 Å². The zero-order valence-corrected chi connectivity index (χ0v) is 11.3. The summed E-state index contributed by atoms with van der Waals surface area (Å²) >= 11 is 0. The zero-order chi connectivity index (χ0) is 12.2. The molecule has 2 N–H and O–H groups in total. The molecule has 1 aliphatic carbocycles. The third-order valence-corrected chi connectivity index (χ3v) is 4.02. The Morgan fingerprint density at radius 1 is 1.31 bits per heavy atom. The van der Waals surface area contributed by atoms with Crippen molar-refractivity contribution in [2.45, 2.75) is 52.7 Å². The van der Waals surface area contributed by atoms with Gasteiger partial charge in [0.05, 0.1) is 6.10 Å². The first-order chi connectivity index (χ1) is 7.52. The number of aliphatic hydroxyl groups excluding tert-OH is 1. The van der Waals surface area contributed by atoms with E-state index >= 15 is 0 Å². The molecule has 3 heteroatoms. The minimum absolute atomic E-state index is 0.0573. The third-order valence-electron chi connectivity index (χ3n) is 4.02. The molecule has 0 heterocycles. The summed E-state index contributed by atoms with van der Waals surface area (Å²) in [6.07, 6.45) is 2.01. The monoisotopic (exact) mass is 228 g/mol. The van der Waals surface area contributed by atoms with Crippen molar-refractivity contribution in [3.05, 3.63) is 0 Å². The first-order valence-electron chi connectivity index (χ1n) is 6.66. The molecule has 3 nitrogen and oxygen atoms in total. The fourth-order valence-corrected chi connectivity index (χ4v) is 2.39. The Bertz CT molecular complexity index is 206. The van der Waals surface area contributed by atoms with E-state index in [1.165, 1.54) is 13.0 Å². The molecule has 0 saturated heterocycles. The van der Waals surface area contributed by atoms with Crippen molar-refractivity contribution in [3.8, 4) is 0 Å². The quantitative estimate of drug-likeness (QED) is 0.692. The molecule has 0 spiro atoms. The molecule has 0 radical (unpaired) electrons. The second kappa shape index (κ2) is 5.99. The molecule has 0 aromatic rings. The van der Waals surface area contributed by atoms with Crippen molar-refractivity contribution in [1.29, 1.82) is 0 Å². The predicted molar refractivity (Wildman–Crippen MR) is 68.6 cm³/mol. The van der Waals surface area contributed by atoms with Crippen LogP contribution in [0.25, 0.3) is 0 Å². The van der Waals surface area contributed by atoms with Gasteiger partial charge >= 0.3 is 0 Å². The molecule has 1 rings (SSSR count). The SMILES string of the molecule is CCCN(CC)CCNC1CC(O)C1(C)C. The summed E-state index contributed by atoms with van der Waals surface area (Å²) in [4.78, 5) is 2.47. The summed E-state index contributed by atoms with van der Waals surface area (Å²) in [5.74, 6) is 0. The van der Waals surface area contributed by atoms with Crippen molar-refractivity contribution in [1.82, 2.24) is 10.2 Å². The van der Waals surface area contributed by atoms with Crippen molar-refractivity contribution in [2.75, 3.05) is 26.2 Å². The van der Waals surface area contributed by atoms with E-state index in [1.807, 2.05) is 0 Å². The Labute approximate surface area is 100 Å². The molecular weight excluding hydrogens is 200 g/mol. The minimum Gasteiger partial charge on any atom is -0.392 e. The lowest BCUT2D eigenvalue weighted by molar-refractivity contribution is -0.0726. The topological polar surface area (TPSA) is 35.5 Å². The van der Waals surface area contributed by atoms with Gasteiger partial charge in [-0.2, -0.15) is 0 Å². The number of hydrogen-bond acceptors (Lipinski definition) is 3. The summed E-state index contributed by atoms with van der Waals surface area (Å²) in [6, 6.07) is 0.489. The molecule has 0 aromatic heterocycles. The molecule has 0 aromatic carbocycles. The van der Waals surface area contributed by atoms with Crippen LogP contribution in [0, 0.1) is 5.41 Å². The maximum absolute atomic E-state index is 9.63. The standard InChI is InChI=1S/C13H28N2O/c1-5-8-15(6-2)9-7-14-11-10-12(16)13(11,3)4/h11-12,14,16H,5-10H2,1-4H3. The van der Waals surface area contributed by atoms with E-state index in [4.69, 9.17) is 0 Å². The van der Waals surface area contributed by atoms with Crippen molar-refractivity contribution in [3.63, 3.8) is 0 Å². The average molecular weight is 228 g/mol. The number of likely N-dealkylation sites (N-methyl/N-ethyl adjacent to an activating group) is 1. The van der Waals surface area contributed by atoms with Gasteiger partial charge in [-0.05, 0) is 25.9 Å². The van der Waals surface area contributed by atoms with Gasteiger partial charge in [0.1, 0.15) is 0 Å². The maximum atomic E-state index is 9.63. The van der Waals surface area contributed by atoms with Crippen LogP contribution in [0.2, 0.25) is 0 Å². The molecule has 0 aliphatic heterocycles. The average Bonchev–Trinajstić information content (AvgIpc) is 2.26. The molecule has 2 unspecified atom stereocenters. The van der Waals surface area contributed by atoms with E-state index < -0.39 is 0 Å². The first-order valence-corrected chi connectivity index (χ1v) is 6.66. The van der Waals surface area contributed by atoms with E-state index in [0.29, 0.717) is 6.04 Å². The van der Waals surface area contributed by atoms with Gasteiger partial charge in [-0.15, -0.1) is 0 Å². The predicted octanol–water partition coefficient (Wildman–Crippen LogP) is 1.47. The Morgan fingerprint density at radius 3 is 2.44 bits per heavy atom. The Kier molecular flexibility index (Phi) is 5.22. The molecule has 16 heavy (non-hydrogen) atoms. The van der Waals surface area contributed by atoms with Gasteiger partial charge in [-0.3, -0.25) is 0 Å². The summed E-state index contributed by atoms with van der Waals surface area (Å²) in [6.45, 7) is 13.2. The second-order valence-electron chi connectivity index (χ2n) is 5.51. The Hall–Kier alpha value is -0.120. The largest absolute Gasteiger partial charge is 0.392 e. The molecule has 1 fully saturated rings. The van der Waals surface area contributed by atoms with E-state index in [9.17, 15) is 5.11 Å². The van der Waals surface area contributed by atoms with Gasteiger partial charge in [0.15, 0.2) is 0 Å². The van der Waals surface area contributed by atoms with Crippen molar-refractivity contribution < 1.29 is 5.11 Å². The fourth-order valence-electron chi connectivity index (χ4n) is 2.39. The number of nitrogens with zero attached hydrogens (tertiary/aromatic N) is 1. The highest BCUT2D eigenvalue weighted by atomic mass is 16.3. The lowest BCUT2D eigenvalue weighted by atomic mass is 9.64. The highest BCUT2D eigenvalue weighted by Gasteiger charge is 2.46. The summed E-state index contributed by atoms with van der Waals surface area (Å²) < 4.78 is 0. The smallest absolute Gasteiger partial charge is 0.0621 e. The summed E-state index contributed by atoms with van der Waals surface area (Å²) in [5.41, 5.74) is 0.0573. The van der Waals surface area contributed by atoms with Crippen LogP contribution in [-0.4, -0.2) is 48.3 Å². The van der Waals surface area contributed by atoms with E-state index in [2.05, 4.69) is 37.9 Å². The summed E-state index contributed by atoms with van der Waals surface area (Å²) in [7, 11) is 0. The van der Waals surface area contributed by atoms with Crippen molar-refractivity contribution >= 4 is 0 Å². The van der Waals surface area contributed by atoms with Crippen LogP contribution in [0.5, 0.6) is 0 Å². The van der Waals surface area contributed by atoms with Crippen LogP contribution in [0.3, 0.4) is 0 Å². The normalized spacial score (nSPS) is 28.1. The van der Waals surface area contributed by atoms with Crippen molar-refractivity contribution in [2.24, 2.45) is 5.41 Å². The fraction of sp³-hybridized carbons (Fsp3) is 1.00. The molecule has 1 aliphatic rings. The van der Waals surface area contributed by atoms with Gasteiger partial charge in [-0.1, -0.05) is 27.7 Å². The van der Waals surface area contributed by atoms with Gasteiger partial charge in [-0.25, -0.2) is 0 Å². The lowest BCUT2D eigenvalue weighted by Gasteiger charge is -2.49. The number of nitrogens with one attached hydrogen (secondary N) is 1. The van der Waals surface area contributed by atoms with Gasteiger partial charge in [0, 0.05) is 24.5 Å². The van der Waals surface area contributed by atoms with Crippen LogP contribution < -0.4 is 5.32 Å². The summed E-state index contributed by atoms with van der Waals surface area (Å²) in [5, 5.41) is 13.2. The number of aliphatic hydroxyl groups is 1. The molecule has 96 valence electrons. The third kappa shape index (κ3) is 3.19. The van der Waals surface area contributed by atoms with Crippen LogP contribution >= 0.6 is 0 Å². The molecule has 1 saturated carbocycles. The van der Waals surface area contributed by atoms with E-state index in [0.717, 1.165) is 26.1 Å². The highest BCUT2D eigenvalue weighted by Crippen LogP contribution is 2.40. The Morgan fingerprint density at radius 2 is 2.00 bits per heavy atom. The zero-order valence-electron chi connectivity index (χ0n) is 11.3. The molecule has 2 atom stereocenters. The van der Waals surface area contributed by atoms with Gasteiger partial charge in [0.2, 0.25) is 0 Å². The van der Waals surface area contributed by atoms with E-state index in [1.54, 1.807) is 0 Å². The number of rotatable bonds is 7. The van der Waals surface area contributed by atoms with Crippen LogP contribution in [0.15, 0.2) is 0 Å². The highest BCUT2D eigenvalue weighted by molar-refractivity contribution is 5.01. The maximum Gasteiger partial charge on any atom is 0.0621 e. The minimum atomic E-state index is -0.122. The lowest BCUT2D eigenvalue weighted by Crippen LogP contribution is -2.60. The van der Waals surface area contributed by atoms with Crippen LogP contribution in [0.1, 0.15) is 40.5 Å². The first kappa shape index (κ1) is 13.9. The Balaban J connectivity index is 2.16. The van der Waals surface area contributed by atoms with E-state index in [-0.39, 0.29) is 11.5 Å². The molecule has 0 amide bonds. The molecular formula is C13H28N2O.